The highest BCUT2D eigenvalue weighted by Gasteiger charge is 2.12. The van der Waals surface area contributed by atoms with Crippen LogP contribution in [0.2, 0.25) is 0 Å². The van der Waals surface area contributed by atoms with Crippen molar-refractivity contribution in [3.05, 3.63) is 39.4 Å². The molecule has 0 saturated carbocycles. The molecule has 0 bridgehead atoms. The van der Waals surface area contributed by atoms with E-state index in [1.807, 2.05) is 0 Å². The Labute approximate surface area is 111 Å². The van der Waals surface area contributed by atoms with E-state index in [9.17, 15) is 14.9 Å². The van der Waals surface area contributed by atoms with Crippen LogP contribution in [0.15, 0.2) is 18.2 Å². The van der Waals surface area contributed by atoms with Crippen molar-refractivity contribution in [2.24, 2.45) is 0 Å². The molecule has 100 valence electrons. The third-order valence-electron chi connectivity index (χ3n) is 2.33. The van der Waals surface area contributed by atoms with Gasteiger partial charge in [0, 0.05) is 30.8 Å². The summed E-state index contributed by atoms with van der Waals surface area (Å²) in [5.74, 6) is -0.215. The molecule has 0 aromatic heterocycles. The average molecular weight is 274 g/mol. The number of halogens is 1. The molecule has 0 saturated heterocycles. The maximum Gasteiger partial charge on any atom is 0.269 e. The van der Waals surface area contributed by atoms with E-state index < -0.39 is 4.92 Å². The lowest BCUT2D eigenvalue weighted by atomic mass is 10.1. The van der Waals surface area contributed by atoms with Crippen molar-refractivity contribution in [2.45, 2.75) is 6.92 Å². The largest absolute Gasteiger partial charge is 0.351 e. The van der Waals surface area contributed by atoms with Crippen LogP contribution in [0.25, 0.3) is 0 Å². The topological polar surface area (TPSA) is 84.3 Å². The second-order valence-corrected chi connectivity index (χ2v) is 3.62. The van der Waals surface area contributed by atoms with Gasteiger partial charge in [-0.15, -0.1) is 12.4 Å². The number of nitro groups is 1. The monoisotopic (exact) mass is 273 g/mol. The van der Waals surface area contributed by atoms with E-state index in [2.05, 4.69) is 10.6 Å². The van der Waals surface area contributed by atoms with Crippen molar-refractivity contribution in [2.75, 3.05) is 20.1 Å². The van der Waals surface area contributed by atoms with Gasteiger partial charge in [0.25, 0.3) is 11.6 Å². The van der Waals surface area contributed by atoms with Gasteiger partial charge in [-0.3, -0.25) is 14.9 Å². The first-order chi connectivity index (χ1) is 8.06. The summed E-state index contributed by atoms with van der Waals surface area (Å²) >= 11 is 0. The number of rotatable bonds is 5. The summed E-state index contributed by atoms with van der Waals surface area (Å²) in [6, 6.07) is 4.20. The average Bonchev–Trinajstić information content (AvgIpc) is 2.28. The third-order valence-corrected chi connectivity index (χ3v) is 2.33. The highest BCUT2D eigenvalue weighted by atomic mass is 35.5. The highest BCUT2D eigenvalue weighted by Crippen LogP contribution is 2.16. The lowest BCUT2D eigenvalue weighted by molar-refractivity contribution is -0.384. The van der Waals surface area contributed by atoms with Gasteiger partial charge in [-0.1, -0.05) is 0 Å². The molecule has 0 unspecified atom stereocenters. The molecular formula is C11H16ClN3O3. The van der Waals surface area contributed by atoms with Gasteiger partial charge in [0.05, 0.1) is 4.92 Å². The predicted octanol–water partition coefficient (Wildman–Crippen LogP) is 1.27. The fourth-order valence-electron chi connectivity index (χ4n) is 1.41. The molecule has 0 heterocycles. The summed E-state index contributed by atoms with van der Waals surface area (Å²) in [7, 11) is 1.79. The van der Waals surface area contributed by atoms with Crippen LogP contribution >= 0.6 is 12.4 Å². The van der Waals surface area contributed by atoms with E-state index in [0.29, 0.717) is 24.2 Å². The van der Waals surface area contributed by atoms with Gasteiger partial charge in [0.1, 0.15) is 0 Å². The molecule has 0 aliphatic rings. The number of non-ortho nitro benzene ring substituents is 1. The van der Waals surface area contributed by atoms with Crippen LogP contribution in [0.1, 0.15) is 15.9 Å². The number of carbonyl (C=O) groups is 1. The van der Waals surface area contributed by atoms with Gasteiger partial charge in [0.2, 0.25) is 0 Å². The summed E-state index contributed by atoms with van der Waals surface area (Å²) in [5.41, 5.74) is 1.06. The van der Waals surface area contributed by atoms with Crippen LogP contribution in [0, 0.1) is 17.0 Å². The number of hydrogen-bond acceptors (Lipinski definition) is 4. The summed E-state index contributed by atoms with van der Waals surface area (Å²) in [4.78, 5) is 21.8. The second-order valence-electron chi connectivity index (χ2n) is 3.62. The van der Waals surface area contributed by atoms with Crippen molar-refractivity contribution < 1.29 is 9.72 Å². The third kappa shape index (κ3) is 4.31. The highest BCUT2D eigenvalue weighted by molar-refractivity contribution is 5.95. The molecule has 0 aliphatic heterocycles. The van der Waals surface area contributed by atoms with Gasteiger partial charge in [-0.25, -0.2) is 0 Å². The van der Waals surface area contributed by atoms with Gasteiger partial charge in [-0.05, 0) is 25.6 Å². The number of amides is 1. The number of nitro benzene ring substituents is 1. The molecule has 1 rings (SSSR count). The molecular weight excluding hydrogens is 258 g/mol. The quantitative estimate of drug-likeness (QED) is 0.481. The van der Waals surface area contributed by atoms with Crippen LogP contribution in [0.3, 0.4) is 0 Å². The van der Waals surface area contributed by atoms with Crippen molar-refractivity contribution in [1.82, 2.24) is 10.6 Å². The first-order valence-electron chi connectivity index (χ1n) is 5.24. The molecule has 0 radical (unpaired) electrons. The van der Waals surface area contributed by atoms with Gasteiger partial charge < -0.3 is 10.6 Å². The lowest BCUT2D eigenvalue weighted by Crippen LogP contribution is -2.30. The number of nitrogens with zero attached hydrogens (tertiary/aromatic N) is 1. The van der Waals surface area contributed by atoms with Crippen LogP contribution in [0.5, 0.6) is 0 Å². The van der Waals surface area contributed by atoms with Crippen molar-refractivity contribution >= 4 is 24.0 Å². The summed E-state index contributed by atoms with van der Waals surface area (Å²) < 4.78 is 0. The second kappa shape index (κ2) is 7.62. The first-order valence-corrected chi connectivity index (χ1v) is 5.24. The minimum atomic E-state index is -0.477. The zero-order valence-corrected chi connectivity index (χ0v) is 11.0. The van der Waals surface area contributed by atoms with E-state index >= 15 is 0 Å². The number of benzene rings is 1. The molecule has 6 nitrogen and oxygen atoms in total. The summed E-state index contributed by atoms with van der Waals surface area (Å²) in [6.07, 6.45) is 0. The van der Waals surface area contributed by atoms with E-state index in [0.717, 1.165) is 0 Å². The molecule has 0 spiro atoms. The Balaban J connectivity index is 0.00000289. The van der Waals surface area contributed by atoms with E-state index in [-0.39, 0.29) is 24.0 Å². The maximum absolute atomic E-state index is 11.7. The normalized spacial score (nSPS) is 9.44. The number of nitrogens with one attached hydrogen (secondary N) is 2. The fraction of sp³-hybridized carbons (Fsp3) is 0.364. The molecule has 0 fully saturated rings. The van der Waals surface area contributed by atoms with E-state index in [1.54, 1.807) is 14.0 Å². The molecule has 1 aromatic carbocycles. The van der Waals surface area contributed by atoms with Crippen LogP contribution in [0.4, 0.5) is 5.69 Å². The Kier molecular flexibility index (Phi) is 6.92. The number of carbonyl (C=O) groups excluding carboxylic acids is 1. The van der Waals surface area contributed by atoms with Crippen molar-refractivity contribution in [1.29, 1.82) is 0 Å². The predicted molar refractivity (Wildman–Crippen MR) is 71.3 cm³/mol. The van der Waals surface area contributed by atoms with Crippen LogP contribution in [-0.4, -0.2) is 31.0 Å². The fourth-order valence-corrected chi connectivity index (χ4v) is 1.41. The Morgan fingerprint density at radius 3 is 2.56 bits per heavy atom. The van der Waals surface area contributed by atoms with Crippen molar-refractivity contribution in [3.8, 4) is 0 Å². The SMILES string of the molecule is CNCCNC(=O)c1ccc([N+](=O)[O-])cc1C.Cl. The molecule has 7 heteroatoms. The van der Waals surface area contributed by atoms with E-state index in [1.165, 1.54) is 18.2 Å². The number of aryl methyl sites for hydroxylation is 1. The minimum absolute atomic E-state index is 0. The zero-order chi connectivity index (χ0) is 12.8. The molecule has 1 amide bonds. The molecule has 18 heavy (non-hydrogen) atoms. The summed E-state index contributed by atoms with van der Waals surface area (Å²) in [5, 5.41) is 16.2. The molecule has 2 N–H and O–H groups in total. The first kappa shape index (κ1) is 16.3. The number of hydrogen-bond donors (Lipinski definition) is 2. The Hall–Kier alpha value is -1.66. The minimum Gasteiger partial charge on any atom is -0.351 e. The van der Waals surface area contributed by atoms with Crippen LogP contribution in [-0.2, 0) is 0 Å². The lowest BCUT2D eigenvalue weighted by Gasteiger charge is -2.07. The standard InChI is InChI=1S/C11H15N3O3.ClH/c1-8-7-9(14(16)17)3-4-10(8)11(15)13-6-5-12-2;/h3-4,7,12H,5-6H2,1-2H3,(H,13,15);1H. The number of likely N-dealkylation sites (N-methyl/N-ethyl adjacent to an activating group) is 1. The smallest absolute Gasteiger partial charge is 0.269 e. The van der Waals surface area contributed by atoms with Gasteiger partial charge in [0.15, 0.2) is 0 Å². The van der Waals surface area contributed by atoms with E-state index in [4.69, 9.17) is 0 Å². The zero-order valence-electron chi connectivity index (χ0n) is 10.2. The van der Waals surface area contributed by atoms with Gasteiger partial charge in [-0.2, -0.15) is 0 Å². The molecule has 0 atom stereocenters. The molecule has 1 aromatic rings. The maximum atomic E-state index is 11.7. The van der Waals surface area contributed by atoms with Gasteiger partial charge >= 0.3 is 0 Å². The Morgan fingerprint density at radius 1 is 1.39 bits per heavy atom. The Morgan fingerprint density at radius 2 is 2.06 bits per heavy atom. The van der Waals surface area contributed by atoms with Crippen molar-refractivity contribution in [3.63, 3.8) is 0 Å². The van der Waals surface area contributed by atoms with Crippen LogP contribution < -0.4 is 10.6 Å². The summed E-state index contributed by atoms with van der Waals surface area (Å²) in [6.45, 7) is 2.88. The molecule has 0 aliphatic carbocycles. The Bertz CT molecular complexity index is 438.